The predicted octanol–water partition coefficient (Wildman–Crippen LogP) is 2.68. The molecule has 0 unspecified atom stereocenters. The van der Waals surface area contributed by atoms with Crippen molar-refractivity contribution in [1.82, 2.24) is 9.21 Å². The Morgan fingerprint density at radius 3 is 2.29 bits per heavy atom. The average Bonchev–Trinajstić information content (AvgIpc) is 3.26. The van der Waals surface area contributed by atoms with E-state index in [-0.39, 0.29) is 24.5 Å². The van der Waals surface area contributed by atoms with Crippen LogP contribution in [0.3, 0.4) is 0 Å². The summed E-state index contributed by atoms with van der Waals surface area (Å²) in [6.07, 6.45) is 1.04. The molecule has 0 atom stereocenters. The third kappa shape index (κ3) is 3.34. The van der Waals surface area contributed by atoms with E-state index in [2.05, 4.69) is 0 Å². The van der Waals surface area contributed by atoms with Crippen molar-refractivity contribution in [2.24, 2.45) is 0 Å². The fraction of sp³-hybridized carbons (Fsp3) is 0.368. The second-order valence-electron chi connectivity index (χ2n) is 6.98. The molecule has 2 fully saturated rings. The van der Waals surface area contributed by atoms with Gasteiger partial charge in [0.25, 0.3) is 15.9 Å². The molecule has 7 nitrogen and oxygen atoms in total. The number of amides is 3. The molecular formula is C19H21N3O4S2. The Morgan fingerprint density at radius 1 is 1.00 bits per heavy atom. The summed E-state index contributed by atoms with van der Waals surface area (Å²) in [5.74, 6) is -0.250. The number of urea groups is 1. The van der Waals surface area contributed by atoms with Crippen LogP contribution in [0.1, 0.15) is 17.7 Å². The Morgan fingerprint density at radius 2 is 1.68 bits per heavy atom. The summed E-state index contributed by atoms with van der Waals surface area (Å²) in [6, 6.07) is 11.8. The number of carbonyl (C=O) groups is 2. The topological polar surface area (TPSA) is 78.0 Å². The first-order valence-electron chi connectivity index (χ1n) is 9.13. The van der Waals surface area contributed by atoms with Crippen LogP contribution >= 0.6 is 11.3 Å². The van der Waals surface area contributed by atoms with Crippen molar-refractivity contribution in [3.05, 3.63) is 47.3 Å². The number of para-hydroxylation sites is 1. The van der Waals surface area contributed by atoms with Gasteiger partial charge in [0.05, 0.1) is 5.69 Å². The molecule has 0 radical (unpaired) electrons. The maximum absolute atomic E-state index is 12.8. The van der Waals surface area contributed by atoms with Crippen molar-refractivity contribution in [2.45, 2.75) is 30.0 Å². The van der Waals surface area contributed by atoms with Crippen LogP contribution in [-0.4, -0.2) is 55.2 Å². The zero-order chi connectivity index (χ0) is 19.9. The third-order valence-electron chi connectivity index (χ3n) is 5.18. The van der Waals surface area contributed by atoms with E-state index in [1.807, 2.05) is 13.0 Å². The molecular weight excluding hydrogens is 398 g/mol. The Kier molecular flexibility index (Phi) is 4.98. The number of piperidine rings is 1. The molecule has 0 saturated carbocycles. The minimum absolute atomic E-state index is 0.0370. The van der Waals surface area contributed by atoms with Crippen LogP contribution in [-0.2, 0) is 14.8 Å². The van der Waals surface area contributed by atoms with Crippen LogP contribution in [0.15, 0.2) is 46.7 Å². The molecule has 28 heavy (non-hydrogen) atoms. The van der Waals surface area contributed by atoms with Gasteiger partial charge in [-0.1, -0.05) is 18.2 Å². The normalized spacial score (nSPS) is 19.6. The van der Waals surface area contributed by atoms with Gasteiger partial charge in [-0.2, -0.15) is 4.31 Å². The first-order chi connectivity index (χ1) is 13.4. The van der Waals surface area contributed by atoms with Crippen molar-refractivity contribution >= 4 is 39.0 Å². The van der Waals surface area contributed by atoms with Gasteiger partial charge in [0.15, 0.2) is 0 Å². The summed E-state index contributed by atoms with van der Waals surface area (Å²) in [7, 11) is -3.50. The van der Waals surface area contributed by atoms with Crippen LogP contribution in [0.2, 0.25) is 0 Å². The largest absolute Gasteiger partial charge is 0.332 e. The molecule has 1 aromatic heterocycles. The van der Waals surface area contributed by atoms with Crippen molar-refractivity contribution < 1.29 is 18.0 Å². The van der Waals surface area contributed by atoms with Gasteiger partial charge in [0.1, 0.15) is 10.8 Å². The SMILES string of the molecule is Cc1ccc(S(=O)(=O)N2CCC(N3CC(=O)N(c4ccccc4)C3=O)CC2)s1. The molecule has 0 N–H and O–H groups in total. The van der Waals surface area contributed by atoms with Crippen molar-refractivity contribution in [3.8, 4) is 0 Å². The number of aryl methyl sites for hydroxylation is 1. The van der Waals surface area contributed by atoms with E-state index in [0.29, 0.717) is 35.8 Å². The van der Waals surface area contributed by atoms with Gasteiger partial charge in [-0.25, -0.2) is 18.1 Å². The summed E-state index contributed by atoms with van der Waals surface area (Å²) in [4.78, 5) is 29.0. The Balaban J connectivity index is 1.44. The first kappa shape index (κ1) is 19.1. The highest BCUT2D eigenvalue weighted by Gasteiger charge is 2.42. The van der Waals surface area contributed by atoms with Gasteiger partial charge >= 0.3 is 6.03 Å². The minimum Gasteiger partial charge on any atom is -0.312 e. The summed E-state index contributed by atoms with van der Waals surface area (Å²) >= 11 is 1.27. The molecule has 2 aromatic rings. The number of hydrogen-bond acceptors (Lipinski definition) is 5. The fourth-order valence-electron chi connectivity index (χ4n) is 3.71. The number of thiophene rings is 1. The lowest BCUT2D eigenvalue weighted by Gasteiger charge is -2.35. The molecule has 0 aliphatic carbocycles. The number of nitrogens with zero attached hydrogens (tertiary/aromatic N) is 3. The number of sulfonamides is 1. The minimum atomic E-state index is -3.50. The van der Waals surface area contributed by atoms with Gasteiger partial charge in [-0.15, -0.1) is 11.3 Å². The number of benzene rings is 1. The predicted molar refractivity (Wildman–Crippen MR) is 107 cm³/mol. The van der Waals surface area contributed by atoms with Crippen LogP contribution in [0.5, 0.6) is 0 Å². The number of rotatable bonds is 4. The number of hydrogen-bond donors (Lipinski definition) is 0. The fourth-order valence-corrected chi connectivity index (χ4v) is 6.62. The standard InChI is InChI=1S/C19H21N3O4S2/c1-14-7-8-18(27-14)28(25,26)20-11-9-15(10-12-20)21-13-17(23)22(19(21)24)16-5-3-2-4-6-16/h2-8,15H,9-13H2,1H3. The van der Waals surface area contributed by atoms with Crippen LogP contribution in [0.4, 0.5) is 10.5 Å². The van der Waals surface area contributed by atoms with Crippen molar-refractivity contribution in [3.63, 3.8) is 0 Å². The zero-order valence-corrected chi connectivity index (χ0v) is 17.1. The Labute approximate surface area is 168 Å². The van der Waals surface area contributed by atoms with Crippen LogP contribution in [0.25, 0.3) is 0 Å². The second-order valence-corrected chi connectivity index (χ2v) is 10.4. The second kappa shape index (κ2) is 7.31. The maximum Gasteiger partial charge on any atom is 0.332 e. The van der Waals surface area contributed by atoms with Gasteiger partial charge in [0.2, 0.25) is 0 Å². The maximum atomic E-state index is 12.8. The molecule has 3 amide bonds. The zero-order valence-electron chi connectivity index (χ0n) is 15.4. The van der Waals surface area contributed by atoms with Gasteiger partial charge < -0.3 is 4.90 Å². The molecule has 2 aliphatic rings. The highest BCUT2D eigenvalue weighted by molar-refractivity contribution is 7.91. The molecule has 148 valence electrons. The highest BCUT2D eigenvalue weighted by Crippen LogP contribution is 2.30. The molecule has 9 heteroatoms. The molecule has 3 heterocycles. The summed E-state index contributed by atoms with van der Waals surface area (Å²) in [6.45, 7) is 2.60. The number of anilines is 1. The van der Waals surface area contributed by atoms with E-state index in [1.54, 1.807) is 41.3 Å². The monoisotopic (exact) mass is 419 g/mol. The molecule has 4 rings (SSSR count). The smallest absolute Gasteiger partial charge is 0.312 e. The van der Waals surface area contributed by atoms with Gasteiger partial charge in [-0.05, 0) is 44.0 Å². The molecule has 0 spiro atoms. The van der Waals surface area contributed by atoms with Gasteiger partial charge in [-0.3, -0.25) is 4.79 Å². The number of imide groups is 1. The lowest BCUT2D eigenvalue weighted by atomic mass is 10.1. The van der Waals surface area contributed by atoms with Gasteiger partial charge in [0, 0.05) is 24.0 Å². The van der Waals surface area contributed by atoms with E-state index >= 15 is 0 Å². The Bertz CT molecular complexity index is 995. The summed E-state index contributed by atoms with van der Waals surface area (Å²) < 4.78 is 27.4. The van der Waals surface area contributed by atoms with Crippen molar-refractivity contribution in [1.29, 1.82) is 0 Å². The van der Waals surface area contributed by atoms with E-state index in [0.717, 1.165) is 4.88 Å². The molecule has 0 bridgehead atoms. The summed E-state index contributed by atoms with van der Waals surface area (Å²) in [5, 5.41) is 0. The van der Waals surface area contributed by atoms with E-state index < -0.39 is 10.0 Å². The van der Waals surface area contributed by atoms with E-state index in [9.17, 15) is 18.0 Å². The highest BCUT2D eigenvalue weighted by atomic mass is 32.2. The quantitative estimate of drug-likeness (QED) is 0.714. The van der Waals surface area contributed by atoms with E-state index in [4.69, 9.17) is 0 Å². The average molecular weight is 420 g/mol. The Hall–Kier alpha value is -2.23. The van der Waals surface area contributed by atoms with E-state index in [1.165, 1.54) is 20.5 Å². The number of carbonyl (C=O) groups excluding carboxylic acids is 2. The molecule has 2 saturated heterocycles. The first-order valence-corrected chi connectivity index (χ1v) is 11.4. The molecule has 1 aromatic carbocycles. The third-order valence-corrected chi connectivity index (χ3v) is 8.55. The van der Waals surface area contributed by atoms with Crippen LogP contribution < -0.4 is 4.90 Å². The lowest BCUT2D eigenvalue weighted by molar-refractivity contribution is -0.116. The summed E-state index contributed by atoms with van der Waals surface area (Å²) in [5.41, 5.74) is 0.563. The van der Waals surface area contributed by atoms with Crippen LogP contribution in [0, 0.1) is 6.92 Å². The van der Waals surface area contributed by atoms with Crippen molar-refractivity contribution in [2.75, 3.05) is 24.5 Å². The molecule has 2 aliphatic heterocycles. The lowest BCUT2D eigenvalue weighted by Crippen LogP contribution is -2.47.